The lowest BCUT2D eigenvalue weighted by atomic mass is 10.1. The van der Waals surface area contributed by atoms with Crippen molar-refractivity contribution in [2.45, 2.75) is 45.6 Å². The van der Waals surface area contributed by atoms with Crippen molar-refractivity contribution < 1.29 is 4.39 Å². The highest BCUT2D eigenvalue weighted by atomic mass is 19.1. The summed E-state index contributed by atoms with van der Waals surface area (Å²) < 4.78 is 14.4. The summed E-state index contributed by atoms with van der Waals surface area (Å²) in [6.07, 6.45) is 4.74. The van der Waals surface area contributed by atoms with Crippen LogP contribution in [0.25, 0.3) is 0 Å². The standard InChI is InChI=1S/C16H24FN3/c1-11(2)10-20(13-5-3-4-6-13)15-8-7-12(16(18)19)9-14(15)17/h7-9,11,13H,3-6,10H2,1-2H3,(H3,18,19). The van der Waals surface area contributed by atoms with Crippen molar-refractivity contribution in [3.63, 3.8) is 0 Å². The maximum absolute atomic E-state index is 14.4. The lowest BCUT2D eigenvalue weighted by Crippen LogP contribution is -2.37. The van der Waals surface area contributed by atoms with E-state index in [-0.39, 0.29) is 11.7 Å². The van der Waals surface area contributed by atoms with Gasteiger partial charge in [0.1, 0.15) is 11.7 Å². The number of hydrogen-bond acceptors (Lipinski definition) is 2. The second-order valence-electron chi connectivity index (χ2n) is 6.06. The van der Waals surface area contributed by atoms with E-state index >= 15 is 0 Å². The largest absolute Gasteiger partial charge is 0.384 e. The van der Waals surface area contributed by atoms with Gasteiger partial charge in [-0.05, 0) is 37.0 Å². The summed E-state index contributed by atoms with van der Waals surface area (Å²) >= 11 is 0. The zero-order chi connectivity index (χ0) is 14.7. The van der Waals surface area contributed by atoms with Crippen LogP contribution in [0.1, 0.15) is 45.1 Å². The molecule has 0 radical (unpaired) electrons. The van der Waals surface area contributed by atoms with Crippen molar-refractivity contribution in [2.24, 2.45) is 11.7 Å². The number of amidine groups is 1. The molecule has 0 spiro atoms. The molecule has 110 valence electrons. The molecule has 1 aliphatic carbocycles. The molecule has 0 aliphatic heterocycles. The number of anilines is 1. The molecular weight excluding hydrogens is 253 g/mol. The third-order valence-corrected chi connectivity index (χ3v) is 3.90. The molecule has 0 bridgehead atoms. The number of rotatable bonds is 5. The van der Waals surface area contributed by atoms with Crippen LogP contribution in [0.4, 0.5) is 10.1 Å². The van der Waals surface area contributed by atoms with E-state index in [0.29, 0.717) is 23.2 Å². The van der Waals surface area contributed by atoms with Gasteiger partial charge in [0.05, 0.1) is 5.69 Å². The average molecular weight is 277 g/mol. The summed E-state index contributed by atoms with van der Waals surface area (Å²) in [7, 11) is 0. The first-order valence-corrected chi connectivity index (χ1v) is 7.39. The fourth-order valence-corrected chi connectivity index (χ4v) is 2.96. The van der Waals surface area contributed by atoms with Crippen LogP contribution in [0.5, 0.6) is 0 Å². The summed E-state index contributed by atoms with van der Waals surface area (Å²) in [5.41, 5.74) is 6.51. The zero-order valence-electron chi connectivity index (χ0n) is 12.3. The summed E-state index contributed by atoms with van der Waals surface area (Å²) in [6, 6.07) is 5.32. The van der Waals surface area contributed by atoms with Gasteiger partial charge in [0.15, 0.2) is 0 Å². The molecule has 1 aromatic rings. The molecule has 1 aliphatic rings. The maximum Gasteiger partial charge on any atom is 0.147 e. The number of nitrogens with one attached hydrogen (secondary N) is 1. The molecule has 0 unspecified atom stereocenters. The monoisotopic (exact) mass is 277 g/mol. The SMILES string of the molecule is CC(C)CN(c1ccc(C(=N)N)cc1F)C1CCCC1. The van der Waals surface area contributed by atoms with Crippen LogP contribution < -0.4 is 10.6 Å². The Kier molecular flexibility index (Phi) is 4.63. The van der Waals surface area contributed by atoms with E-state index < -0.39 is 0 Å². The predicted molar refractivity (Wildman–Crippen MR) is 81.9 cm³/mol. The minimum atomic E-state index is -0.273. The van der Waals surface area contributed by atoms with Gasteiger partial charge in [-0.15, -0.1) is 0 Å². The van der Waals surface area contributed by atoms with E-state index in [4.69, 9.17) is 11.1 Å². The van der Waals surface area contributed by atoms with Crippen LogP contribution in [0.15, 0.2) is 18.2 Å². The number of nitrogen functional groups attached to an aromatic ring is 1. The second kappa shape index (κ2) is 6.25. The second-order valence-corrected chi connectivity index (χ2v) is 6.06. The van der Waals surface area contributed by atoms with Gasteiger partial charge < -0.3 is 10.6 Å². The van der Waals surface area contributed by atoms with Gasteiger partial charge in [-0.1, -0.05) is 26.7 Å². The van der Waals surface area contributed by atoms with Gasteiger partial charge in [-0.2, -0.15) is 0 Å². The highest BCUT2D eigenvalue weighted by Crippen LogP contribution is 2.31. The fourth-order valence-electron chi connectivity index (χ4n) is 2.96. The molecule has 1 saturated carbocycles. The summed E-state index contributed by atoms with van der Waals surface area (Å²) in [5, 5.41) is 7.39. The smallest absolute Gasteiger partial charge is 0.147 e. The quantitative estimate of drug-likeness (QED) is 0.639. The van der Waals surface area contributed by atoms with Crippen molar-refractivity contribution in [2.75, 3.05) is 11.4 Å². The highest BCUT2D eigenvalue weighted by molar-refractivity contribution is 5.95. The topological polar surface area (TPSA) is 53.1 Å². The van der Waals surface area contributed by atoms with Crippen molar-refractivity contribution in [3.8, 4) is 0 Å². The molecule has 0 saturated heterocycles. The minimum absolute atomic E-state index is 0.0910. The number of nitrogens with zero attached hydrogens (tertiary/aromatic N) is 1. The number of nitrogens with two attached hydrogens (primary N) is 1. The molecule has 4 heteroatoms. The number of halogens is 1. The molecule has 0 amide bonds. The lowest BCUT2D eigenvalue weighted by molar-refractivity contribution is 0.520. The summed E-state index contributed by atoms with van der Waals surface area (Å²) in [6.45, 7) is 5.18. The van der Waals surface area contributed by atoms with Gasteiger partial charge in [-0.25, -0.2) is 4.39 Å². The van der Waals surface area contributed by atoms with Gasteiger partial charge in [0.25, 0.3) is 0 Å². The van der Waals surface area contributed by atoms with Gasteiger partial charge in [0.2, 0.25) is 0 Å². The molecule has 20 heavy (non-hydrogen) atoms. The molecule has 3 nitrogen and oxygen atoms in total. The number of benzene rings is 1. The van der Waals surface area contributed by atoms with Crippen LogP contribution in [0.2, 0.25) is 0 Å². The molecule has 0 aromatic heterocycles. The van der Waals surface area contributed by atoms with E-state index in [1.54, 1.807) is 12.1 Å². The van der Waals surface area contributed by atoms with Crippen molar-refractivity contribution in [1.29, 1.82) is 5.41 Å². The molecule has 3 N–H and O–H groups in total. The minimum Gasteiger partial charge on any atom is -0.384 e. The molecule has 0 atom stereocenters. The van der Waals surface area contributed by atoms with Crippen LogP contribution in [-0.2, 0) is 0 Å². The summed E-state index contributed by atoms with van der Waals surface area (Å²) in [5.74, 6) is 0.124. The van der Waals surface area contributed by atoms with Gasteiger partial charge >= 0.3 is 0 Å². The Bertz CT molecular complexity index is 479. The maximum atomic E-state index is 14.4. The Labute approximate surface area is 120 Å². The van der Waals surface area contributed by atoms with E-state index in [2.05, 4.69) is 18.7 Å². The zero-order valence-corrected chi connectivity index (χ0v) is 12.3. The van der Waals surface area contributed by atoms with Crippen LogP contribution >= 0.6 is 0 Å². The van der Waals surface area contributed by atoms with E-state index in [1.807, 2.05) is 0 Å². The first kappa shape index (κ1) is 14.8. The Morgan fingerprint density at radius 2 is 2.05 bits per heavy atom. The first-order valence-electron chi connectivity index (χ1n) is 7.39. The fraction of sp³-hybridized carbons (Fsp3) is 0.562. The Morgan fingerprint density at radius 3 is 2.55 bits per heavy atom. The Morgan fingerprint density at radius 1 is 1.40 bits per heavy atom. The third kappa shape index (κ3) is 3.30. The number of hydrogen-bond donors (Lipinski definition) is 2. The molecule has 1 fully saturated rings. The Balaban J connectivity index is 2.30. The Hall–Kier alpha value is -1.58. The van der Waals surface area contributed by atoms with E-state index in [9.17, 15) is 4.39 Å². The van der Waals surface area contributed by atoms with Crippen LogP contribution in [0.3, 0.4) is 0 Å². The van der Waals surface area contributed by atoms with Crippen molar-refractivity contribution in [1.82, 2.24) is 0 Å². The van der Waals surface area contributed by atoms with E-state index in [1.165, 1.54) is 18.9 Å². The first-order chi connectivity index (χ1) is 9.49. The van der Waals surface area contributed by atoms with Gasteiger partial charge in [0, 0.05) is 18.2 Å². The normalized spacial score (nSPS) is 15.8. The molecule has 1 aromatic carbocycles. The average Bonchev–Trinajstić information content (AvgIpc) is 2.89. The van der Waals surface area contributed by atoms with Crippen LogP contribution in [0, 0.1) is 17.1 Å². The van der Waals surface area contributed by atoms with Gasteiger partial charge in [-0.3, -0.25) is 5.41 Å². The van der Waals surface area contributed by atoms with Crippen LogP contribution in [-0.4, -0.2) is 18.4 Å². The predicted octanol–water partition coefficient (Wildman–Crippen LogP) is 3.51. The third-order valence-electron chi connectivity index (χ3n) is 3.90. The molecule has 0 heterocycles. The van der Waals surface area contributed by atoms with Crippen molar-refractivity contribution >= 4 is 11.5 Å². The molecule has 2 rings (SSSR count). The van der Waals surface area contributed by atoms with Crippen molar-refractivity contribution in [3.05, 3.63) is 29.6 Å². The highest BCUT2D eigenvalue weighted by Gasteiger charge is 2.25. The molecular formula is C16H24FN3. The lowest BCUT2D eigenvalue weighted by Gasteiger charge is -2.33. The van der Waals surface area contributed by atoms with E-state index in [0.717, 1.165) is 19.4 Å². The summed E-state index contributed by atoms with van der Waals surface area (Å²) in [4.78, 5) is 2.21.